The Labute approximate surface area is 162 Å². The van der Waals surface area contributed by atoms with Crippen LogP contribution >= 0.6 is 0 Å². The minimum Gasteiger partial charge on any atom is -0.505 e. The molecule has 1 N–H and O–H groups in total. The lowest BCUT2D eigenvalue weighted by atomic mass is 10.0. The maximum absolute atomic E-state index is 12.4. The zero-order valence-electron chi connectivity index (χ0n) is 15.8. The van der Waals surface area contributed by atoms with Crippen LogP contribution in [0.15, 0.2) is 48.5 Å². The van der Waals surface area contributed by atoms with E-state index >= 15 is 0 Å². The molecule has 6 heteroatoms. The molecule has 2 aromatic carbocycles. The number of carbonyl (C=O) groups excluding carboxylic acids is 2. The van der Waals surface area contributed by atoms with E-state index < -0.39 is 11.8 Å². The van der Waals surface area contributed by atoms with Gasteiger partial charge in [0.1, 0.15) is 17.2 Å². The smallest absolute Gasteiger partial charge is 0.306 e. The van der Waals surface area contributed by atoms with Crippen molar-refractivity contribution in [1.82, 2.24) is 4.98 Å². The first kappa shape index (κ1) is 19.4. The summed E-state index contributed by atoms with van der Waals surface area (Å²) in [6.07, 6.45) is -0.117. The van der Waals surface area contributed by atoms with Crippen LogP contribution in [0, 0.1) is 6.92 Å². The van der Waals surface area contributed by atoms with Gasteiger partial charge in [0.2, 0.25) is 0 Å². The number of carbonyl (C=O) groups is 2. The fourth-order valence-electron chi connectivity index (χ4n) is 2.89. The second-order valence-electron chi connectivity index (χ2n) is 6.25. The highest BCUT2D eigenvalue weighted by Crippen LogP contribution is 2.34. The molecule has 0 amide bonds. The van der Waals surface area contributed by atoms with Crippen molar-refractivity contribution in [2.45, 2.75) is 26.7 Å². The van der Waals surface area contributed by atoms with Crippen LogP contribution in [-0.2, 0) is 9.53 Å². The molecule has 1 aromatic heterocycles. The summed E-state index contributed by atoms with van der Waals surface area (Å²) in [6, 6.07) is 14.5. The number of ketones is 1. The van der Waals surface area contributed by atoms with Gasteiger partial charge in [0.25, 0.3) is 0 Å². The SMILES string of the molecule is CCOC(=O)CCC(=O)c1nc(C)c2cc(Oc3ccccc3)ccc2c1O. The molecule has 6 nitrogen and oxygen atoms in total. The monoisotopic (exact) mass is 379 g/mol. The van der Waals surface area contributed by atoms with E-state index in [4.69, 9.17) is 9.47 Å². The van der Waals surface area contributed by atoms with Gasteiger partial charge in [-0.2, -0.15) is 0 Å². The largest absolute Gasteiger partial charge is 0.505 e. The number of fused-ring (bicyclic) bond motifs is 1. The number of Topliss-reactive ketones (excluding diaryl/α,β-unsaturated/α-hetero) is 1. The Morgan fingerprint density at radius 3 is 2.46 bits per heavy atom. The Kier molecular flexibility index (Phi) is 5.89. The minimum atomic E-state index is -0.449. The molecule has 3 aromatic rings. The van der Waals surface area contributed by atoms with Gasteiger partial charge in [0.05, 0.1) is 13.0 Å². The quantitative estimate of drug-likeness (QED) is 0.478. The van der Waals surface area contributed by atoms with Crippen LogP contribution in [0.2, 0.25) is 0 Å². The first-order valence-electron chi connectivity index (χ1n) is 9.04. The number of rotatable bonds is 7. The van der Waals surface area contributed by atoms with E-state index in [0.29, 0.717) is 28.0 Å². The number of esters is 1. The molecule has 0 unspecified atom stereocenters. The number of hydrogen-bond donors (Lipinski definition) is 1. The van der Waals surface area contributed by atoms with Crippen molar-refractivity contribution in [2.24, 2.45) is 0 Å². The number of pyridine rings is 1. The van der Waals surface area contributed by atoms with E-state index in [1.807, 2.05) is 30.3 Å². The number of nitrogens with zero attached hydrogens (tertiary/aromatic N) is 1. The van der Waals surface area contributed by atoms with Crippen LogP contribution in [0.1, 0.15) is 35.9 Å². The van der Waals surface area contributed by atoms with Crippen molar-refractivity contribution in [2.75, 3.05) is 6.61 Å². The number of para-hydroxylation sites is 1. The molecule has 0 aliphatic rings. The first-order chi connectivity index (χ1) is 13.5. The number of ether oxygens (including phenoxy) is 2. The van der Waals surface area contributed by atoms with Crippen molar-refractivity contribution in [3.05, 3.63) is 59.9 Å². The lowest BCUT2D eigenvalue weighted by Crippen LogP contribution is -2.10. The third kappa shape index (κ3) is 4.28. The van der Waals surface area contributed by atoms with Gasteiger partial charge in [-0.25, -0.2) is 4.98 Å². The molecule has 0 aliphatic heterocycles. The predicted molar refractivity (Wildman–Crippen MR) is 105 cm³/mol. The van der Waals surface area contributed by atoms with Crippen LogP contribution in [0.5, 0.6) is 17.2 Å². The lowest BCUT2D eigenvalue weighted by molar-refractivity contribution is -0.143. The van der Waals surface area contributed by atoms with Gasteiger partial charge in [0.15, 0.2) is 11.5 Å². The summed E-state index contributed by atoms with van der Waals surface area (Å²) >= 11 is 0. The molecule has 0 saturated carbocycles. The van der Waals surface area contributed by atoms with Gasteiger partial charge >= 0.3 is 5.97 Å². The maximum Gasteiger partial charge on any atom is 0.306 e. The summed E-state index contributed by atoms with van der Waals surface area (Å²) in [4.78, 5) is 28.1. The van der Waals surface area contributed by atoms with Crippen molar-refractivity contribution in [1.29, 1.82) is 0 Å². The second kappa shape index (κ2) is 8.52. The van der Waals surface area contributed by atoms with Gasteiger partial charge < -0.3 is 14.6 Å². The van der Waals surface area contributed by atoms with Gasteiger partial charge in [-0.3, -0.25) is 9.59 Å². The third-order valence-electron chi connectivity index (χ3n) is 4.24. The number of aryl methyl sites for hydroxylation is 1. The number of benzene rings is 2. The fourth-order valence-corrected chi connectivity index (χ4v) is 2.89. The fraction of sp³-hybridized carbons (Fsp3) is 0.227. The number of hydrogen-bond acceptors (Lipinski definition) is 6. The molecule has 0 radical (unpaired) electrons. The molecule has 28 heavy (non-hydrogen) atoms. The van der Waals surface area contributed by atoms with Crippen molar-refractivity contribution in [3.8, 4) is 17.2 Å². The van der Waals surface area contributed by atoms with Crippen molar-refractivity contribution in [3.63, 3.8) is 0 Å². The highest BCUT2D eigenvalue weighted by Gasteiger charge is 2.19. The topological polar surface area (TPSA) is 85.7 Å². The van der Waals surface area contributed by atoms with Crippen LogP contribution < -0.4 is 4.74 Å². The summed E-state index contributed by atoms with van der Waals surface area (Å²) in [7, 11) is 0. The molecule has 0 fully saturated rings. The van der Waals surface area contributed by atoms with Gasteiger partial charge in [0, 0.05) is 22.9 Å². The molecule has 144 valence electrons. The summed E-state index contributed by atoms with van der Waals surface area (Å²) in [6.45, 7) is 3.73. The Morgan fingerprint density at radius 2 is 1.75 bits per heavy atom. The summed E-state index contributed by atoms with van der Waals surface area (Å²) < 4.78 is 10.6. The zero-order chi connectivity index (χ0) is 20.1. The summed E-state index contributed by atoms with van der Waals surface area (Å²) in [5.41, 5.74) is 0.553. The molecule has 0 aliphatic carbocycles. The molecular weight excluding hydrogens is 358 g/mol. The van der Waals surface area contributed by atoms with Gasteiger partial charge in [-0.05, 0) is 44.2 Å². The van der Waals surface area contributed by atoms with E-state index in [2.05, 4.69) is 4.98 Å². The van der Waals surface area contributed by atoms with E-state index in [1.54, 1.807) is 32.0 Å². The second-order valence-corrected chi connectivity index (χ2v) is 6.25. The Bertz CT molecular complexity index is 1010. The van der Waals surface area contributed by atoms with E-state index in [-0.39, 0.29) is 30.9 Å². The van der Waals surface area contributed by atoms with Gasteiger partial charge in [-0.15, -0.1) is 0 Å². The molecule has 0 atom stereocenters. The van der Waals surface area contributed by atoms with Crippen LogP contribution in [-0.4, -0.2) is 28.4 Å². The minimum absolute atomic E-state index is 0.0361. The van der Waals surface area contributed by atoms with Crippen molar-refractivity contribution < 1.29 is 24.2 Å². The molecule has 0 saturated heterocycles. The predicted octanol–water partition coefficient (Wildman–Crippen LogP) is 4.57. The normalized spacial score (nSPS) is 10.6. The van der Waals surface area contributed by atoms with Crippen LogP contribution in [0.25, 0.3) is 10.8 Å². The first-order valence-corrected chi connectivity index (χ1v) is 9.04. The van der Waals surface area contributed by atoms with Crippen LogP contribution in [0.4, 0.5) is 0 Å². The summed E-state index contributed by atoms with van der Waals surface area (Å²) in [5.74, 6) is 0.253. The lowest BCUT2D eigenvalue weighted by Gasteiger charge is -2.11. The molecule has 0 spiro atoms. The maximum atomic E-state index is 12.4. The van der Waals surface area contributed by atoms with E-state index in [9.17, 15) is 14.7 Å². The van der Waals surface area contributed by atoms with E-state index in [1.165, 1.54) is 0 Å². The number of aromatic nitrogens is 1. The summed E-state index contributed by atoms with van der Waals surface area (Å²) in [5, 5.41) is 11.7. The van der Waals surface area contributed by atoms with Gasteiger partial charge in [-0.1, -0.05) is 18.2 Å². The molecular formula is C22H21NO5. The third-order valence-corrected chi connectivity index (χ3v) is 4.24. The molecule has 0 bridgehead atoms. The van der Waals surface area contributed by atoms with Crippen LogP contribution in [0.3, 0.4) is 0 Å². The molecule has 3 rings (SSSR count). The number of aromatic hydroxyl groups is 1. The van der Waals surface area contributed by atoms with Crippen molar-refractivity contribution >= 4 is 22.5 Å². The average Bonchev–Trinajstić information content (AvgIpc) is 2.70. The average molecular weight is 379 g/mol. The van der Waals surface area contributed by atoms with E-state index in [0.717, 1.165) is 0 Å². The Balaban J connectivity index is 1.87. The Morgan fingerprint density at radius 1 is 1.00 bits per heavy atom. The standard InChI is InChI=1S/C22H21NO5/c1-3-27-20(25)12-11-19(24)21-22(26)17-10-9-16(13-18(17)14(2)23-21)28-15-7-5-4-6-8-15/h4-10,13,26H,3,11-12H2,1-2H3. The zero-order valence-corrected chi connectivity index (χ0v) is 15.8. The Hall–Kier alpha value is -3.41. The highest BCUT2D eigenvalue weighted by atomic mass is 16.5. The molecule has 1 heterocycles. The highest BCUT2D eigenvalue weighted by molar-refractivity contribution is 6.04.